The summed E-state index contributed by atoms with van der Waals surface area (Å²) in [6.07, 6.45) is 0.679. The number of hydrogen-bond acceptors (Lipinski definition) is 4. The Morgan fingerprint density at radius 2 is 1.88 bits per heavy atom. The molecule has 1 aliphatic heterocycles. The average Bonchev–Trinajstić information content (AvgIpc) is 2.98. The first-order chi connectivity index (χ1) is 11.1. The number of hydrogen-bond donors (Lipinski definition) is 2. The van der Waals surface area contributed by atoms with Gasteiger partial charge in [-0.3, -0.25) is 9.59 Å². The van der Waals surface area contributed by atoms with Gasteiger partial charge in [0.15, 0.2) is 17.5 Å². The van der Waals surface area contributed by atoms with Crippen LogP contribution >= 0.6 is 0 Å². The molecule has 1 aromatic carbocycles. The topological polar surface area (TPSA) is 67.4 Å². The van der Waals surface area contributed by atoms with Crippen LogP contribution in [0.3, 0.4) is 0 Å². The van der Waals surface area contributed by atoms with E-state index in [0.29, 0.717) is 19.4 Å². The molecule has 0 aromatic heterocycles. The van der Waals surface area contributed by atoms with Crippen LogP contribution < -0.4 is 10.6 Å². The minimum Gasteiger partial charge on any atom is -0.462 e. The summed E-state index contributed by atoms with van der Waals surface area (Å²) < 4.78 is 43.0. The molecule has 1 atom stereocenters. The van der Waals surface area contributed by atoms with Gasteiger partial charge >= 0.3 is 0 Å². The second-order valence-electron chi connectivity index (χ2n) is 6.26. The van der Waals surface area contributed by atoms with Gasteiger partial charge in [-0.2, -0.15) is 0 Å². The van der Waals surface area contributed by atoms with E-state index in [2.05, 4.69) is 15.4 Å². The van der Waals surface area contributed by atoms with E-state index in [1.54, 1.807) is 0 Å². The molecular formula is C16H21F3N2O3. The van der Waals surface area contributed by atoms with Crippen molar-refractivity contribution < 1.29 is 27.5 Å². The molecule has 0 saturated carbocycles. The maximum absolute atomic E-state index is 12.9. The molecule has 0 radical (unpaired) electrons. The molecule has 134 valence electrons. The molecule has 1 aliphatic rings. The largest absolute Gasteiger partial charge is 0.462 e. The standard InChI is InChI=1S/C11H11F3N2O.C5H10O2/c12-8-3-7(4-9(13)10(8)14)16-11(17)6-1-2-15-5-6;1-5(2,3)7-4-6/h3-4,6,15H,1-2,5H2,(H,16,17);4H,1-3H3/t6-;/m0./s1. The van der Waals surface area contributed by atoms with Crippen LogP contribution in [0, 0.1) is 23.4 Å². The minimum absolute atomic E-state index is 0.0710. The van der Waals surface area contributed by atoms with Crippen molar-refractivity contribution in [3.8, 4) is 0 Å². The lowest BCUT2D eigenvalue weighted by Crippen LogP contribution is -2.24. The number of carbonyl (C=O) groups excluding carboxylic acids is 2. The second-order valence-corrected chi connectivity index (χ2v) is 6.26. The molecule has 0 bridgehead atoms. The zero-order valence-corrected chi connectivity index (χ0v) is 13.8. The molecule has 0 spiro atoms. The fraction of sp³-hybridized carbons (Fsp3) is 0.500. The van der Waals surface area contributed by atoms with Gasteiger partial charge in [-0.05, 0) is 33.7 Å². The van der Waals surface area contributed by atoms with Gasteiger partial charge in [-0.15, -0.1) is 0 Å². The van der Waals surface area contributed by atoms with E-state index in [4.69, 9.17) is 0 Å². The zero-order valence-electron chi connectivity index (χ0n) is 13.8. The molecule has 2 N–H and O–H groups in total. The van der Waals surface area contributed by atoms with Crippen LogP contribution in [0.25, 0.3) is 0 Å². The predicted molar refractivity (Wildman–Crippen MR) is 82.8 cm³/mol. The highest BCUT2D eigenvalue weighted by atomic mass is 19.2. The van der Waals surface area contributed by atoms with E-state index in [1.807, 2.05) is 20.8 Å². The third kappa shape index (κ3) is 6.57. The van der Waals surface area contributed by atoms with Gasteiger partial charge in [-0.1, -0.05) is 0 Å². The third-order valence-corrected chi connectivity index (χ3v) is 3.08. The first-order valence-corrected chi connectivity index (χ1v) is 7.41. The second kappa shape index (κ2) is 8.68. The Morgan fingerprint density at radius 3 is 2.25 bits per heavy atom. The number of nitrogens with one attached hydrogen (secondary N) is 2. The minimum atomic E-state index is -1.54. The normalized spacial score (nSPS) is 16.8. The highest BCUT2D eigenvalue weighted by molar-refractivity contribution is 5.92. The summed E-state index contributed by atoms with van der Waals surface area (Å²) in [4.78, 5) is 21.2. The zero-order chi connectivity index (χ0) is 18.3. The van der Waals surface area contributed by atoms with E-state index in [1.165, 1.54) is 0 Å². The number of rotatable bonds is 3. The number of halogens is 3. The molecule has 1 heterocycles. The molecule has 0 unspecified atom stereocenters. The Kier molecular flexibility index (Phi) is 7.21. The summed E-state index contributed by atoms with van der Waals surface area (Å²) in [6, 6.07) is 1.53. The average molecular weight is 346 g/mol. The smallest absolute Gasteiger partial charge is 0.293 e. The van der Waals surface area contributed by atoms with Crippen molar-refractivity contribution in [2.45, 2.75) is 32.8 Å². The number of amides is 1. The van der Waals surface area contributed by atoms with Crippen molar-refractivity contribution in [2.24, 2.45) is 5.92 Å². The van der Waals surface area contributed by atoms with Crippen molar-refractivity contribution in [3.63, 3.8) is 0 Å². The van der Waals surface area contributed by atoms with E-state index in [0.717, 1.165) is 18.7 Å². The summed E-state index contributed by atoms with van der Waals surface area (Å²) in [5.74, 6) is -4.70. The highest BCUT2D eigenvalue weighted by Gasteiger charge is 2.23. The van der Waals surface area contributed by atoms with Crippen molar-refractivity contribution in [1.82, 2.24) is 5.32 Å². The highest BCUT2D eigenvalue weighted by Crippen LogP contribution is 2.19. The Balaban J connectivity index is 0.000000351. The fourth-order valence-corrected chi connectivity index (χ4v) is 1.89. The lowest BCUT2D eigenvalue weighted by molar-refractivity contribution is -0.138. The summed E-state index contributed by atoms with van der Waals surface area (Å²) in [5, 5.41) is 5.37. The van der Waals surface area contributed by atoms with Crippen LogP contribution in [0.15, 0.2) is 12.1 Å². The van der Waals surface area contributed by atoms with E-state index < -0.39 is 17.5 Å². The van der Waals surface area contributed by atoms with E-state index in [-0.39, 0.29) is 23.1 Å². The quantitative estimate of drug-likeness (QED) is 0.652. The Morgan fingerprint density at radius 1 is 1.29 bits per heavy atom. The molecule has 8 heteroatoms. The van der Waals surface area contributed by atoms with Crippen LogP contribution in [0.1, 0.15) is 27.2 Å². The van der Waals surface area contributed by atoms with Gasteiger partial charge in [0.05, 0.1) is 5.92 Å². The Bertz CT molecular complexity index is 559. The number of benzene rings is 1. The Hall–Kier alpha value is -2.09. The van der Waals surface area contributed by atoms with Gasteiger partial charge < -0.3 is 15.4 Å². The summed E-state index contributed by atoms with van der Waals surface area (Å²) in [6.45, 7) is 7.20. The van der Waals surface area contributed by atoms with Crippen LogP contribution in [-0.2, 0) is 14.3 Å². The first-order valence-electron chi connectivity index (χ1n) is 7.41. The van der Waals surface area contributed by atoms with Crippen molar-refractivity contribution in [2.75, 3.05) is 18.4 Å². The van der Waals surface area contributed by atoms with Gasteiger partial charge in [0.25, 0.3) is 6.47 Å². The first kappa shape index (κ1) is 20.0. The lowest BCUT2D eigenvalue weighted by atomic mass is 10.1. The monoisotopic (exact) mass is 346 g/mol. The molecule has 24 heavy (non-hydrogen) atoms. The van der Waals surface area contributed by atoms with Crippen LogP contribution in [0.5, 0.6) is 0 Å². The van der Waals surface area contributed by atoms with Gasteiger partial charge in [0.2, 0.25) is 5.91 Å². The molecule has 1 amide bonds. The SMILES string of the molecule is CC(C)(C)OC=O.O=C(Nc1cc(F)c(F)c(F)c1)[C@H]1CCNC1. The van der Waals surface area contributed by atoms with E-state index in [9.17, 15) is 22.8 Å². The lowest BCUT2D eigenvalue weighted by Gasteiger charge is -2.14. The van der Waals surface area contributed by atoms with Crippen molar-refractivity contribution in [3.05, 3.63) is 29.6 Å². The maximum Gasteiger partial charge on any atom is 0.293 e. The Labute approximate surface area is 138 Å². The van der Waals surface area contributed by atoms with Crippen molar-refractivity contribution in [1.29, 1.82) is 0 Å². The summed E-state index contributed by atoms with van der Waals surface area (Å²) in [5.41, 5.74) is -0.389. The number of anilines is 1. The molecule has 0 aliphatic carbocycles. The number of ether oxygens (including phenoxy) is 1. The summed E-state index contributed by atoms with van der Waals surface area (Å²) in [7, 11) is 0. The van der Waals surface area contributed by atoms with Crippen LogP contribution in [-0.4, -0.2) is 31.1 Å². The van der Waals surface area contributed by atoms with Gasteiger partial charge in [-0.25, -0.2) is 13.2 Å². The molecule has 1 aromatic rings. The van der Waals surface area contributed by atoms with E-state index >= 15 is 0 Å². The fourth-order valence-electron chi connectivity index (χ4n) is 1.89. The van der Waals surface area contributed by atoms with Gasteiger partial charge in [0.1, 0.15) is 5.60 Å². The van der Waals surface area contributed by atoms with Crippen molar-refractivity contribution >= 4 is 18.1 Å². The molecule has 1 saturated heterocycles. The molecule has 5 nitrogen and oxygen atoms in total. The number of carbonyl (C=O) groups is 2. The maximum atomic E-state index is 12.9. The molecular weight excluding hydrogens is 325 g/mol. The molecule has 1 fully saturated rings. The van der Waals surface area contributed by atoms with Crippen LogP contribution in [0.2, 0.25) is 0 Å². The molecule has 2 rings (SSSR count). The summed E-state index contributed by atoms with van der Waals surface area (Å²) >= 11 is 0. The predicted octanol–water partition coefficient (Wildman–Crippen LogP) is 2.61. The van der Waals surface area contributed by atoms with Crippen LogP contribution in [0.4, 0.5) is 18.9 Å². The third-order valence-electron chi connectivity index (χ3n) is 3.08. The van der Waals surface area contributed by atoms with Gasteiger partial charge in [0, 0.05) is 24.4 Å².